The van der Waals surface area contributed by atoms with Gasteiger partial charge < -0.3 is 16.0 Å². The number of hydrogen-bond donors (Lipinski definition) is 3. The summed E-state index contributed by atoms with van der Waals surface area (Å²) in [4.78, 5) is 0. The fourth-order valence-electron chi connectivity index (χ4n) is 3.79. The molecule has 0 aliphatic rings. The summed E-state index contributed by atoms with van der Waals surface area (Å²) < 4.78 is 0. The largest absolute Gasteiger partial charge is 0.317 e. The lowest BCUT2D eigenvalue weighted by atomic mass is 10.1. The summed E-state index contributed by atoms with van der Waals surface area (Å²) in [6.45, 7) is 11.3. The van der Waals surface area contributed by atoms with Gasteiger partial charge in [-0.1, -0.05) is 96.6 Å². The Kier molecular flexibility index (Phi) is 28.3. The van der Waals surface area contributed by atoms with Crippen molar-refractivity contribution < 1.29 is 0 Å². The molecule has 0 saturated heterocycles. The van der Waals surface area contributed by atoms with Crippen LogP contribution in [-0.4, -0.2) is 39.3 Å². The van der Waals surface area contributed by atoms with Crippen LogP contribution in [0, 0.1) is 0 Å². The highest BCUT2D eigenvalue weighted by Crippen LogP contribution is 2.10. The third-order valence-corrected chi connectivity index (χ3v) is 5.82. The molecule has 180 valence electrons. The van der Waals surface area contributed by atoms with Crippen LogP contribution in [0.2, 0.25) is 0 Å². The van der Waals surface area contributed by atoms with E-state index in [0.29, 0.717) is 0 Å². The molecule has 0 saturated carbocycles. The molecule has 0 spiro atoms. The second kappa shape index (κ2) is 28.6. The fraction of sp³-hybridized carbons (Fsp3) is 0.926. The number of allylic oxidation sites excluding steroid dienone is 1. The predicted molar refractivity (Wildman–Crippen MR) is 138 cm³/mol. The molecule has 0 amide bonds. The Hall–Kier alpha value is -0.380. The molecule has 0 aromatic heterocycles. The smallest absolute Gasteiger partial charge is 0.0134 e. The summed E-state index contributed by atoms with van der Waals surface area (Å²) in [5, 5.41) is 10.5. The molecule has 0 aliphatic carbocycles. The quantitative estimate of drug-likeness (QED) is 0.104. The van der Waals surface area contributed by atoms with E-state index in [-0.39, 0.29) is 0 Å². The van der Waals surface area contributed by atoms with Crippen LogP contribution < -0.4 is 16.0 Å². The summed E-state index contributed by atoms with van der Waals surface area (Å²) in [5.74, 6) is 0. The molecule has 0 radical (unpaired) electrons. The Bertz CT molecular complexity index is 287. The number of hydrogen-bond acceptors (Lipinski definition) is 3. The Morgan fingerprint density at radius 1 is 0.433 bits per heavy atom. The maximum absolute atomic E-state index is 3.57. The van der Waals surface area contributed by atoms with Crippen molar-refractivity contribution in [2.45, 2.75) is 123 Å². The molecule has 0 unspecified atom stereocenters. The summed E-state index contributed by atoms with van der Waals surface area (Å²) in [5.41, 5.74) is 0. The summed E-state index contributed by atoms with van der Waals surface area (Å²) in [6, 6.07) is 0. The van der Waals surface area contributed by atoms with E-state index in [2.05, 4.69) is 41.9 Å². The highest BCUT2D eigenvalue weighted by molar-refractivity contribution is 4.83. The van der Waals surface area contributed by atoms with Crippen LogP contribution >= 0.6 is 0 Å². The number of rotatable bonds is 26. The van der Waals surface area contributed by atoms with Crippen LogP contribution in [0.1, 0.15) is 123 Å². The second-order valence-corrected chi connectivity index (χ2v) is 8.87. The summed E-state index contributed by atoms with van der Waals surface area (Å²) >= 11 is 0. The van der Waals surface area contributed by atoms with Gasteiger partial charge in [-0.15, -0.1) is 0 Å². The summed E-state index contributed by atoms with van der Waals surface area (Å²) in [6.07, 6.45) is 28.2. The van der Waals surface area contributed by atoms with Crippen LogP contribution in [0.3, 0.4) is 0 Å². The Labute approximate surface area is 190 Å². The van der Waals surface area contributed by atoms with Crippen molar-refractivity contribution in [1.29, 1.82) is 0 Å². The van der Waals surface area contributed by atoms with Gasteiger partial charge in [-0.05, 0) is 71.2 Å². The molecule has 0 rings (SSSR count). The van der Waals surface area contributed by atoms with Crippen molar-refractivity contribution in [1.82, 2.24) is 16.0 Å². The van der Waals surface area contributed by atoms with E-state index in [1.165, 1.54) is 135 Å². The Morgan fingerprint density at radius 2 is 0.900 bits per heavy atom. The first-order chi connectivity index (χ1) is 14.9. The first kappa shape index (κ1) is 29.6. The zero-order valence-corrected chi connectivity index (χ0v) is 20.9. The van der Waals surface area contributed by atoms with Crippen molar-refractivity contribution in [3.05, 3.63) is 12.2 Å². The SMILES string of the molecule is CCCCCCCCCCCCNC/C=C/CCCCCCNCCCCNCC. The van der Waals surface area contributed by atoms with E-state index in [1.54, 1.807) is 0 Å². The maximum atomic E-state index is 3.57. The van der Waals surface area contributed by atoms with Gasteiger partial charge in [-0.25, -0.2) is 0 Å². The van der Waals surface area contributed by atoms with Gasteiger partial charge in [0.05, 0.1) is 0 Å². The molecular weight excluding hydrogens is 366 g/mol. The molecule has 3 heteroatoms. The third kappa shape index (κ3) is 27.6. The predicted octanol–water partition coefficient (Wildman–Crippen LogP) is 6.98. The van der Waals surface area contributed by atoms with Crippen LogP contribution in [0.25, 0.3) is 0 Å². The average molecular weight is 424 g/mol. The molecule has 0 atom stereocenters. The Balaban J connectivity index is 3.06. The maximum Gasteiger partial charge on any atom is 0.0134 e. The van der Waals surface area contributed by atoms with Gasteiger partial charge in [0, 0.05) is 6.54 Å². The van der Waals surface area contributed by atoms with E-state index in [4.69, 9.17) is 0 Å². The van der Waals surface area contributed by atoms with Gasteiger partial charge in [0.1, 0.15) is 0 Å². The molecule has 3 N–H and O–H groups in total. The molecule has 0 bridgehead atoms. The number of unbranched alkanes of at least 4 members (excludes halogenated alkanes) is 14. The normalized spacial score (nSPS) is 11.7. The average Bonchev–Trinajstić information content (AvgIpc) is 2.76. The minimum Gasteiger partial charge on any atom is -0.317 e. The van der Waals surface area contributed by atoms with Crippen molar-refractivity contribution >= 4 is 0 Å². The molecule has 0 heterocycles. The molecule has 0 aromatic rings. The molecule has 30 heavy (non-hydrogen) atoms. The Morgan fingerprint density at radius 3 is 1.50 bits per heavy atom. The lowest BCUT2D eigenvalue weighted by Crippen LogP contribution is -2.19. The van der Waals surface area contributed by atoms with Crippen molar-refractivity contribution in [2.24, 2.45) is 0 Å². The lowest BCUT2D eigenvalue weighted by molar-refractivity contribution is 0.548. The third-order valence-electron chi connectivity index (χ3n) is 5.82. The van der Waals surface area contributed by atoms with E-state index in [1.807, 2.05) is 0 Å². The topological polar surface area (TPSA) is 36.1 Å². The first-order valence-corrected chi connectivity index (χ1v) is 13.7. The van der Waals surface area contributed by atoms with Crippen LogP contribution in [-0.2, 0) is 0 Å². The van der Waals surface area contributed by atoms with E-state index < -0.39 is 0 Å². The first-order valence-electron chi connectivity index (χ1n) is 13.7. The van der Waals surface area contributed by atoms with Crippen molar-refractivity contribution in [3.63, 3.8) is 0 Å². The summed E-state index contributed by atoms with van der Waals surface area (Å²) in [7, 11) is 0. The minimum absolute atomic E-state index is 1.05. The number of nitrogens with one attached hydrogen (secondary N) is 3. The minimum atomic E-state index is 1.05. The van der Waals surface area contributed by atoms with E-state index >= 15 is 0 Å². The van der Waals surface area contributed by atoms with Crippen molar-refractivity contribution in [2.75, 3.05) is 39.3 Å². The van der Waals surface area contributed by atoms with Crippen molar-refractivity contribution in [3.8, 4) is 0 Å². The molecule has 0 aromatic carbocycles. The zero-order chi connectivity index (χ0) is 21.8. The van der Waals surface area contributed by atoms with Gasteiger partial charge in [0.15, 0.2) is 0 Å². The van der Waals surface area contributed by atoms with E-state index in [9.17, 15) is 0 Å². The molecule has 0 aliphatic heterocycles. The zero-order valence-electron chi connectivity index (χ0n) is 20.9. The second-order valence-electron chi connectivity index (χ2n) is 8.87. The molecule has 0 fully saturated rings. The molecule has 3 nitrogen and oxygen atoms in total. The monoisotopic (exact) mass is 423 g/mol. The van der Waals surface area contributed by atoms with Gasteiger partial charge >= 0.3 is 0 Å². The highest BCUT2D eigenvalue weighted by Gasteiger charge is 1.93. The van der Waals surface area contributed by atoms with Gasteiger partial charge in [0.2, 0.25) is 0 Å². The fourth-order valence-corrected chi connectivity index (χ4v) is 3.79. The standard InChI is InChI=1S/C27H57N3/c1-3-5-6-7-8-9-10-12-15-18-24-29-25-19-16-13-11-14-17-20-26-30-27-22-21-23-28-4-2/h16,19,28-30H,3-15,17-18,20-27H2,1-2H3/b19-16+. The lowest BCUT2D eigenvalue weighted by Gasteiger charge is -2.05. The van der Waals surface area contributed by atoms with Crippen LogP contribution in [0.5, 0.6) is 0 Å². The van der Waals surface area contributed by atoms with E-state index in [0.717, 1.165) is 13.1 Å². The van der Waals surface area contributed by atoms with Gasteiger partial charge in [-0.3, -0.25) is 0 Å². The van der Waals surface area contributed by atoms with Gasteiger partial charge in [0.25, 0.3) is 0 Å². The van der Waals surface area contributed by atoms with Crippen LogP contribution in [0.4, 0.5) is 0 Å². The highest BCUT2D eigenvalue weighted by atomic mass is 14.9. The van der Waals surface area contributed by atoms with Crippen LogP contribution in [0.15, 0.2) is 12.2 Å². The molecular formula is C27H57N3. The van der Waals surface area contributed by atoms with Gasteiger partial charge in [-0.2, -0.15) is 0 Å².